The topological polar surface area (TPSA) is 44.4 Å². The van der Waals surface area contributed by atoms with Crippen LogP contribution in [0.15, 0.2) is 24.3 Å². The molecule has 1 aromatic rings. The Hall–Kier alpha value is -1.17. The molecule has 0 aliphatic carbocycles. The molecule has 4 nitrogen and oxygen atoms in total. The molecule has 1 heterocycles. The van der Waals surface area contributed by atoms with Gasteiger partial charge in [-0.15, -0.1) is 12.4 Å². The Morgan fingerprint density at radius 3 is 2.55 bits per heavy atom. The van der Waals surface area contributed by atoms with E-state index in [1.54, 1.807) is 12.1 Å². The van der Waals surface area contributed by atoms with Crippen LogP contribution in [0, 0.1) is 5.82 Å². The first-order valence-corrected chi connectivity index (χ1v) is 6.52. The van der Waals surface area contributed by atoms with E-state index in [1.807, 2.05) is 18.9 Å². The van der Waals surface area contributed by atoms with E-state index >= 15 is 0 Å². The van der Waals surface area contributed by atoms with Gasteiger partial charge in [-0.3, -0.25) is 9.69 Å². The monoisotopic (exact) mass is 301 g/mol. The number of halogens is 2. The van der Waals surface area contributed by atoms with Crippen molar-refractivity contribution in [1.29, 1.82) is 0 Å². The van der Waals surface area contributed by atoms with Gasteiger partial charge in [0.15, 0.2) is 0 Å². The molecule has 6 heteroatoms. The summed E-state index contributed by atoms with van der Waals surface area (Å²) in [6, 6.07) is 6.54. The summed E-state index contributed by atoms with van der Waals surface area (Å²) in [6.45, 7) is 4.17. The number of nitrogens with one attached hydrogen (secondary N) is 2. The molecule has 0 spiro atoms. The lowest BCUT2D eigenvalue weighted by molar-refractivity contribution is -0.123. The molecule has 1 atom stereocenters. The highest BCUT2D eigenvalue weighted by Crippen LogP contribution is 2.12. The molecule has 2 N–H and O–H groups in total. The smallest absolute Gasteiger partial charge is 0.234 e. The summed E-state index contributed by atoms with van der Waals surface area (Å²) in [6.07, 6.45) is 0. The second-order valence-corrected chi connectivity index (χ2v) is 5.07. The van der Waals surface area contributed by atoms with Gasteiger partial charge in [0.2, 0.25) is 5.91 Å². The van der Waals surface area contributed by atoms with Crippen LogP contribution < -0.4 is 10.6 Å². The summed E-state index contributed by atoms with van der Waals surface area (Å²) in [7, 11) is 1.95. The van der Waals surface area contributed by atoms with Crippen molar-refractivity contribution >= 4 is 18.3 Å². The van der Waals surface area contributed by atoms with Crippen LogP contribution in [-0.2, 0) is 4.79 Å². The van der Waals surface area contributed by atoms with Gasteiger partial charge in [0.25, 0.3) is 0 Å². The number of benzene rings is 1. The number of amides is 1. The van der Waals surface area contributed by atoms with Crippen molar-refractivity contribution < 1.29 is 9.18 Å². The van der Waals surface area contributed by atoms with Crippen molar-refractivity contribution in [2.24, 2.45) is 0 Å². The van der Waals surface area contributed by atoms with Crippen LogP contribution in [0.2, 0.25) is 0 Å². The number of nitrogens with zero attached hydrogens (tertiary/aromatic N) is 1. The number of likely N-dealkylation sites (N-methyl/N-ethyl adjacent to an activating group) is 1. The molecule has 0 aromatic heterocycles. The fraction of sp³-hybridized carbons (Fsp3) is 0.500. The highest BCUT2D eigenvalue weighted by molar-refractivity contribution is 5.85. The molecular formula is C14H21ClFN3O. The minimum Gasteiger partial charge on any atom is -0.348 e. The van der Waals surface area contributed by atoms with Gasteiger partial charge in [-0.05, 0) is 31.7 Å². The van der Waals surface area contributed by atoms with Gasteiger partial charge in [0.05, 0.1) is 12.6 Å². The predicted octanol–water partition coefficient (Wildman–Crippen LogP) is 1.33. The zero-order valence-electron chi connectivity index (χ0n) is 11.7. The van der Waals surface area contributed by atoms with Gasteiger partial charge in [-0.25, -0.2) is 4.39 Å². The maximum absolute atomic E-state index is 12.8. The summed E-state index contributed by atoms with van der Waals surface area (Å²) in [5.74, 6) is -0.272. The van der Waals surface area contributed by atoms with E-state index in [1.165, 1.54) is 12.1 Å². The quantitative estimate of drug-likeness (QED) is 0.862. The molecule has 0 saturated carbocycles. The normalized spacial score (nSPS) is 16.2. The second kappa shape index (κ2) is 7.57. The lowest BCUT2D eigenvalue weighted by Crippen LogP contribution is -2.57. The Labute approximate surface area is 125 Å². The van der Waals surface area contributed by atoms with E-state index in [0.29, 0.717) is 12.6 Å². The van der Waals surface area contributed by atoms with Crippen LogP contribution in [0.4, 0.5) is 4.39 Å². The molecule has 1 aromatic carbocycles. The van der Waals surface area contributed by atoms with Gasteiger partial charge in [-0.2, -0.15) is 0 Å². The molecule has 1 aliphatic rings. The minimum absolute atomic E-state index is 0. The SMILES string of the molecule is CC(NC(=O)CN(C)C1CNC1)c1ccc(F)cc1.Cl. The van der Waals surface area contributed by atoms with E-state index < -0.39 is 0 Å². The van der Waals surface area contributed by atoms with E-state index in [0.717, 1.165) is 18.7 Å². The molecule has 112 valence electrons. The summed E-state index contributed by atoms with van der Waals surface area (Å²) in [5, 5.41) is 6.10. The van der Waals surface area contributed by atoms with Gasteiger partial charge >= 0.3 is 0 Å². The number of carbonyl (C=O) groups excluding carboxylic acids is 1. The summed E-state index contributed by atoms with van der Waals surface area (Å²) >= 11 is 0. The average molecular weight is 302 g/mol. The molecular weight excluding hydrogens is 281 g/mol. The van der Waals surface area contributed by atoms with Crippen molar-refractivity contribution in [1.82, 2.24) is 15.5 Å². The second-order valence-electron chi connectivity index (χ2n) is 5.07. The molecule has 2 rings (SSSR count). The Kier molecular flexibility index (Phi) is 6.39. The van der Waals surface area contributed by atoms with Gasteiger partial charge < -0.3 is 10.6 Å². The van der Waals surface area contributed by atoms with Gasteiger partial charge in [0, 0.05) is 19.1 Å². The molecule has 0 bridgehead atoms. The molecule has 1 amide bonds. The number of rotatable bonds is 5. The van der Waals surface area contributed by atoms with E-state index in [9.17, 15) is 9.18 Å². The Bertz CT molecular complexity index is 437. The molecule has 20 heavy (non-hydrogen) atoms. The number of carbonyl (C=O) groups is 1. The van der Waals surface area contributed by atoms with Crippen LogP contribution in [-0.4, -0.2) is 43.5 Å². The van der Waals surface area contributed by atoms with E-state index in [4.69, 9.17) is 0 Å². The highest BCUT2D eigenvalue weighted by atomic mass is 35.5. The molecule has 1 saturated heterocycles. The average Bonchev–Trinajstić information content (AvgIpc) is 2.26. The van der Waals surface area contributed by atoms with Crippen LogP contribution in [0.25, 0.3) is 0 Å². The Morgan fingerprint density at radius 2 is 2.05 bits per heavy atom. The third-order valence-corrected chi connectivity index (χ3v) is 3.52. The maximum atomic E-state index is 12.8. The number of hydrogen-bond acceptors (Lipinski definition) is 3. The molecule has 0 radical (unpaired) electrons. The lowest BCUT2D eigenvalue weighted by Gasteiger charge is -2.35. The Morgan fingerprint density at radius 1 is 1.45 bits per heavy atom. The largest absolute Gasteiger partial charge is 0.348 e. The zero-order chi connectivity index (χ0) is 13.8. The van der Waals surface area contributed by atoms with Crippen LogP contribution in [0.3, 0.4) is 0 Å². The van der Waals surface area contributed by atoms with E-state index in [2.05, 4.69) is 10.6 Å². The molecule has 1 fully saturated rings. The predicted molar refractivity (Wildman–Crippen MR) is 79.5 cm³/mol. The first-order chi connectivity index (χ1) is 9.06. The van der Waals surface area contributed by atoms with Crippen molar-refractivity contribution in [2.45, 2.75) is 19.0 Å². The van der Waals surface area contributed by atoms with Gasteiger partial charge in [0.1, 0.15) is 5.82 Å². The molecule has 1 unspecified atom stereocenters. The van der Waals surface area contributed by atoms with Crippen LogP contribution in [0.1, 0.15) is 18.5 Å². The highest BCUT2D eigenvalue weighted by Gasteiger charge is 2.23. The third-order valence-electron chi connectivity index (χ3n) is 3.52. The fourth-order valence-electron chi connectivity index (χ4n) is 2.06. The van der Waals surface area contributed by atoms with Crippen LogP contribution >= 0.6 is 12.4 Å². The molecule has 1 aliphatic heterocycles. The fourth-order valence-corrected chi connectivity index (χ4v) is 2.06. The lowest BCUT2D eigenvalue weighted by atomic mass is 10.1. The van der Waals surface area contributed by atoms with Gasteiger partial charge in [-0.1, -0.05) is 12.1 Å². The van der Waals surface area contributed by atoms with Crippen molar-refractivity contribution in [3.63, 3.8) is 0 Å². The third kappa shape index (κ3) is 4.44. The van der Waals surface area contributed by atoms with Crippen molar-refractivity contribution in [3.05, 3.63) is 35.6 Å². The minimum atomic E-state index is -0.264. The van der Waals surface area contributed by atoms with Crippen LogP contribution in [0.5, 0.6) is 0 Å². The van der Waals surface area contributed by atoms with Crippen molar-refractivity contribution in [2.75, 3.05) is 26.7 Å². The van der Waals surface area contributed by atoms with E-state index in [-0.39, 0.29) is 30.2 Å². The Balaban J connectivity index is 0.00000200. The standard InChI is InChI=1S/C14H20FN3O.ClH/c1-10(11-3-5-12(15)6-4-11)17-14(19)9-18(2)13-7-16-8-13;/h3-6,10,13,16H,7-9H2,1-2H3,(H,17,19);1H. The number of hydrogen-bond donors (Lipinski definition) is 2. The first-order valence-electron chi connectivity index (χ1n) is 6.52. The summed E-state index contributed by atoms with van der Waals surface area (Å²) < 4.78 is 12.8. The van der Waals surface area contributed by atoms with Crippen molar-refractivity contribution in [3.8, 4) is 0 Å². The maximum Gasteiger partial charge on any atom is 0.234 e. The summed E-state index contributed by atoms with van der Waals surface area (Å²) in [4.78, 5) is 13.9. The first kappa shape index (κ1) is 16.9. The zero-order valence-corrected chi connectivity index (χ0v) is 12.5. The summed E-state index contributed by atoms with van der Waals surface area (Å²) in [5.41, 5.74) is 0.905.